The van der Waals surface area contributed by atoms with Crippen LogP contribution >= 0.6 is 0 Å². The van der Waals surface area contributed by atoms with Crippen molar-refractivity contribution in [2.45, 2.75) is 26.2 Å². The number of amides is 2. The van der Waals surface area contributed by atoms with Gasteiger partial charge in [0, 0.05) is 5.56 Å². The van der Waals surface area contributed by atoms with Crippen molar-refractivity contribution in [3.05, 3.63) is 95.1 Å². The SMILES string of the molecule is CC(C)(C)c1ccc(C(=O)Nc2ccccc2NC(=O)c2cccc(F)c2F)cc1. The van der Waals surface area contributed by atoms with Gasteiger partial charge in [-0.2, -0.15) is 0 Å². The minimum absolute atomic E-state index is 0.0297. The van der Waals surface area contributed by atoms with Gasteiger partial charge in [-0.25, -0.2) is 8.78 Å². The Labute approximate surface area is 173 Å². The molecular formula is C24H22F2N2O2. The highest BCUT2D eigenvalue weighted by Crippen LogP contribution is 2.25. The summed E-state index contributed by atoms with van der Waals surface area (Å²) in [6.07, 6.45) is 0. The second kappa shape index (κ2) is 8.45. The van der Waals surface area contributed by atoms with Crippen molar-refractivity contribution in [2.24, 2.45) is 0 Å². The fourth-order valence-corrected chi connectivity index (χ4v) is 2.89. The molecule has 2 amide bonds. The third kappa shape index (κ3) is 4.71. The van der Waals surface area contributed by atoms with Crippen molar-refractivity contribution < 1.29 is 18.4 Å². The van der Waals surface area contributed by atoms with Crippen molar-refractivity contribution in [2.75, 3.05) is 10.6 Å². The van der Waals surface area contributed by atoms with Crippen LogP contribution in [0.4, 0.5) is 20.2 Å². The van der Waals surface area contributed by atoms with Gasteiger partial charge in [0.05, 0.1) is 16.9 Å². The van der Waals surface area contributed by atoms with Gasteiger partial charge in [-0.3, -0.25) is 9.59 Å². The Balaban J connectivity index is 1.79. The molecule has 0 spiro atoms. The van der Waals surface area contributed by atoms with E-state index in [1.54, 1.807) is 36.4 Å². The first-order chi connectivity index (χ1) is 14.2. The Morgan fingerprint density at radius 2 is 1.30 bits per heavy atom. The number of hydrogen-bond donors (Lipinski definition) is 2. The number of para-hydroxylation sites is 2. The summed E-state index contributed by atoms with van der Waals surface area (Å²) in [6.45, 7) is 6.26. The molecule has 30 heavy (non-hydrogen) atoms. The molecule has 6 heteroatoms. The first-order valence-electron chi connectivity index (χ1n) is 9.43. The smallest absolute Gasteiger partial charge is 0.258 e. The second-order valence-electron chi connectivity index (χ2n) is 7.88. The van der Waals surface area contributed by atoms with Gasteiger partial charge in [0.15, 0.2) is 11.6 Å². The molecule has 3 aromatic carbocycles. The van der Waals surface area contributed by atoms with E-state index in [-0.39, 0.29) is 17.0 Å². The summed E-state index contributed by atoms with van der Waals surface area (Å²) in [7, 11) is 0. The molecule has 0 saturated heterocycles. The van der Waals surface area contributed by atoms with Crippen molar-refractivity contribution in [1.29, 1.82) is 0 Å². The third-order valence-corrected chi connectivity index (χ3v) is 4.63. The Morgan fingerprint density at radius 3 is 1.87 bits per heavy atom. The van der Waals surface area contributed by atoms with Gasteiger partial charge in [-0.05, 0) is 47.4 Å². The van der Waals surface area contributed by atoms with E-state index in [4.69, 9.17) is 0 Å². The summed E-state index contributed by atoms with van der Waals surface area (Å²) in [4.78, 5) is 25.0. The van der Waals surface area contributed by atoms with E-state index in [2.05, 4.69) is 31.4 Å². The van der Waals surface area contributed by atoms with E-state index >= 15 is 0 Å². The Bertz CT molecular complexity index is 1090. The molecule has 0 aliphatic carbocycles. The molecule has 3 rings (SSSR count). The number of rotatable bonds is 4. The highest BCUT2D eigenvalue weighted by Gasteiger charge is 2.18. The third-order valence-electron chi connectivity index (χ3n) is 4.63. The largest absolute Gasteiger partial charge is 0.320 e. The van der Waals surface area contributed by atoms with Crippen LogP contribution in [0.5, 0.6) is 0 Å². The maximum absolute atomic E-state index is 13.9. The van der Waals surface area contributed by atoms with E-state index < -0.39 is 23.1 Å². The zero-order chi connectivity index (χ0) is 21.9. The maximum atomic E-state index is 13.9. The Kier molecular flexibility index (Phi) is 5.96. The molecule has 2 N–H and O–H groups in total. The van der Waals surface area contributed by atoms with Crippen LogP contribution in [-0.4, -0.2) is 11.8 Å². The number of anilines is 2. The minimum Gasteiger partial charge on any atom is -0.320 e. The van der Waals surface area contributed by atoms with Crippen LogP contribution in [0, 0.1) is 11.6 Å². The van der Waals surface area contributed by atoms with Crippen molar-refractivity contribution >= 4 is 23.2 Å². The first kappa shape index (κ1) is 21.2. The lowest BCUT2D eigenvalue weighted by Crippen LogP contribution is -2.18. The molecule has 0 fully saturated rings. The average Bonchev–Trinajstić information content (AvgIpc) is 2.71. The second-order valence-corrected chi connectivity index (χ2v) is 7.88. The molecule has 0 unspecified atom stereocenters. The van der Waals surface area contributed by atoms with Crippen LogP contribution in [0.25, 0.3) is 0 Å². The van der Waals surface area contributed by atoms with Crippen molar-refractivity contribution in [3.63, 3.8) is 0 Å². The van der Waals surface area contributed by atoms with Crippen LogP contribution in [0.2, 0.25) is 0 Å². The molecule has 0 atom stereocenters. The standard InChI is InChI=1S/C24H22F2N2O2/c1-24(2,3)16-13-11-15(12-14-16)22(29)27-19-9-4-5-10-20(19)28-23(30)17-7-6-8-18(25)21(17)26/h4-14H,1-3H3,(H,27,29)(H,28,30). The molecule has 154 valence electrons. The van der Waals surface area contributed by atoms with E-state index in [1.165, 1.54) is 12.1 Å². The topological polar surface area (TPSA) is 58.2 Å². The zero-order valence-corrected chi connectivity index (χ0v) is 16.9. The number of hydrogen-bond acceptors (Lipinski definition) is 2. The quantitative estimate of drug-likeness (QED) is 0.576. The molecule has 0 aromatic heterocycles. The Hall–Kier alpha value is -3.54. The van der Waals surface area contributed by atoms with Crippen LogP contribution in [0.3, 0.4) is 0 Å². The van der Waals surface area contributed by atoms with E-state index in [9.17, 15) is 18.4 Å². The van der Waals surface area contributed by atoms with E-state index in [1.807, 2.05) is 12.1 Å². The lowest BCUT2D eigenvalue weighted by Gasteiger charge is -2.19. The van der Waals surface area contributed by atoms with Crippen LogP contribution < -0.4 is 10.6 Å². The molecular weight excluding hydrogens is 386 g/mol. The highest BCUT2D eigenvalue weighted by atomic mass is 19.2. The monoisotopic (exact) mass is 408 g/mol. The molecule has 0 aliphatic rings. The predicted molar refractivity (Wildman–Crippen MR) is 114 cm³/mol. The maximum Gasteiger partial charge on any atom is 0.258 e. The van der Waals surface area contributed by atoms with Crippen LogP contribution in [0.1, 0.15) is 47.1 Å². The van der Waals surface area contributed by atoms with Gasteiger partial charge in [0.1, 0.15) is 0 Å². The summed E-state index contributed by atoms with van der Waals surface area (Å²) in [6, 6.07) is 17.2. The summed E-state index contributed by atoms with van der Waals surface area (Å²) < 4.78 is 27.3. The molecule has 3 aromatic rings. The fraction of sp³-hybridized carbons (Fsp3) is 0.167. The average molecular weight is 408 g/mol. The number of carbonyl (C=O) groups excluding carboxylic acids is 2. The summed E-state index contributed by atoms with van der Waals surface area (Å²) in [5, 5.41) is 5.27. The van der Waals surface area contributed by atoms with Gasteiger partial charge < -0.3 is 10.6 Å². The van der Waals surface area contributed by atoms with Gasteiger partial charge in [-0.15, -0.1) is 0 Å². The highest BCUT2D eigenvalue weighted by molar-refractivity contribution is 6.10. The van der Waals surface area contributed by atoms with Crippen molar-refractivity contribution in [1.82, 2.24) is 0 Å². The van der Waals surface area contributed by atoms with Gasteiger partial charge >= 0.3 is 0 Å². The first-order valence-corrected chi connectivity index (χ1v) is 9.43. The zero-order valence-electron chi connectivity index (χ0n) is 16.9. The van der Waals surface area contributed by atoms with Gasteiger partial charge in [0.2, 0.25) is 0 Å². The van der Waals surface area contributed by atoms with Crippen molar-refractivity contribution in [3.8, 4) is 0 Å². The number of nitrogens with one attached hydrogen (secondary N) is 2. The molecule has 4 nitrogen and oxygen atoms in total. The molecule has 0 aliphatic heterocycles. The lowest BCUT2D eigenvalue weighted by molar-refractivity contribution is 0.101. The minimum atomic E-state index is -1.23. The predicted octanol–water partition coefficient (Wildman–Crippen LogP) is 5.77. The molecule has 0 radical (unpaired) electrons. The fourth-order valence-electron chi connectivity index (χ4n) is 2.89. The molecule has 0 heterocycles. The lowest BCUT2D eigenvalue weighted by atomic mass is 9.87. The van der Waals surface area contributed by atoms with Crippen LogP contribution in [-0.2, 0) is 5.41 Å². The van der Waals surface area contributed by atoms with E-state index in [0.717, 1.165) is 11.6 Å². The number of carbonyl (C=O) groups is 2. The van der Waals surface area contributed by atoms with Gasteiger partial charge in [0.25, 0.3) is 11.8 Å². The van der Waals surface area contributed by atoms with Gasteiger partial charge in [-0.1, -0.05) is 51.1 Å². The molecule has 0 bridgehead atoms. The number of benzene rings is 3. The summed E-state index contributed by atoms with van der Waals surface area (Å²) in [5.74, 6) is -3.50. The number of halogens is 2. The normalized spacial score (nSPS) is 11.1. The molecule has 0 saturated carbocycles. The Morgan fingerprint density at radius 1 is 0.733 bits per heavy atom. The summed E-state index contributed by atoms with van der Waals surface area (Å²) >= 11 is 0. The van der Waals surface area contributed by atoms with Crippen LogP contribution in [0.15, 0.2) is 66.7 Å². The van der Waals surface area contributed by atoms with E-state index in [0.29, 0.717) is 11.3 Å². The summed E-state index contributed by atoms with van der Waals surface area (Å²) in [5.41, 5.74) is 1.72.